The second-order valence-corrected chi connectivity index (χ2v) is 6.15. The van der Waals surface area contributed by atoms with Crippen molar-refractivity contribution >= 4 is 6.09 Å². The standard InChI is InChI=1S/C20H19NO2/c22-20(23-14-15-7-2-1-3-8-15)21-12-6-9-16-13-19(21)18-11-5-4-10-17(16)18/h1-8,10-12,16,19H,9,13-14H2/t16-,19-/m1/s1. The fourth-order valence-electron chi connectivity index (χ4n) is 3.62. The van der Waals surface area contributed by atoms with Crippen LogP contribution in [-0.2, 0) is 11.3 Å². The summed E-state index contributed by atoms with van der Waals surface area (Å²) in [6.07, 6.45) is 5.67. The van der Waals surface area contributed by atoms with Crippen molar-refractivity contribution in [3.05, 3.63) is 83.6 Å². The predicted molar refractivity (Wildman–Crippen MR) is 88.8 cm³/mol. The van der Waals surface area contributed by atoms with Crippen molar-refractivity contribution in [3.8, 4) is 0 Å². The van der Waals surface area contributed by atoms with Gasteiger partial charge < -0.3 is 4.74 Å². The molecule has 1 aliphatic heterocycles. The van der Waals surface area contributed by atoms with Crippen molar-refractivity contribution in [2.75, 3.05) is 0 Å². The summed E-state index contributed by atoms with van der Waals surface area (Å²) in [6.45, 7) is 0.307. The summed E-state index contributed by atoms with van der Waals surface area (Å²) in [4.78, 5) is 14.3. The number of ether oxygens (including phenoxy) is 1. The first-order valence-corrected chi connectivity index (χ1v) is 8.07. The average molecular weight is 305 g/mol. The molecule has 2 bridgehead atoms. The van der Waals surface area contributed by atoms with Crippen LogP contribution in [0.1, 0.15) is 41.5 Å². The average Bonchev–Trinajstić information content (AvgIpc) is 2.80. The Bertz CT molecular complexity index is 738. The lowest BCUT2D eigenvalue weighted by Gasteiger charge is -2.25. The predicted octanol–water partition coefficient (Wildman–Crippen LogP) is 4.77. The first-order chi connectivity index (χ1) is 11.3. The third-order valence-electron chi connectivity index (χ3n) is 4.74. The molecule has 0 aromatic heterocycles. The number of hydrogen-bond donors (Lipinski definition) is 0. The van der Waals surface area contributed by atoms with Crippen LogP contribution in [0.3, 0.4) is 0 Å². The minimum Gasteiger partial charge on any atom is -0.444 e. The molecule has 2 aliphatic rings. The van der Waals surface area contributed by atoms with Crippen molar-refractivity contribution in [2.24, 2.45) is 0 Å². The number of hydrogen-bond acceptors (Lipinski definition) is 2. The molecule has 1 aliphatic carbocycles. The summed E-state index contributed by atoms with van der Waals surface area (Å²) in [6, 6.07) is 18.3. The second-order valence-electron chi connectivity index (χ2n) is 6.15. The molecule has 0 fully saturated rings. The molecule has 0 saturated carbocycles. The van der Waals surface area contributed by atoms with Gasteiger partial charge >= 0.3 is 6.09 Å². The van der Waals surface area contributed by atoms with Gasteiger partial charge in [0, 0.05) is 6.20 Å². The van der Waals surface area contributed by atoms with E-state index in [0.29, 0.717) is 12.5 Å². The van der Waals surface area contributed by atoms with E-state index in [1.165, 1.54) is 11.1 Å². The van der Waals surface area contributed by atoms with E-state index in [2.05, 4.69) is 24.3 Å². The number of amides is 1. The van der Waals surface area contributed by atoms with Gasteiger partial charge in [0.15, 0.2) is 0 Å². The zero-order valence-corrected chi connectivity index (χ0v) is 12.9. The maximum atomic E-state index is 12.6. The molecule has 0 spiro atoms. The van der Waals surface area contributed by atoms with Crippen LogP contribution in [0.15, 0.2) is 66.9 Å². The number of allylic oxidation sites excluding steroid dienone is 1. The highest BCUT2D eigenvalue weighted by molar-refractivity contribution is 5.70. The minimum absolute atomic E-state index is 0.0956. The Hall–Kier alpha value is -2.55. The number of carbonyl (C=O) groups excluding carboxylic acids is 1. The molecule has 2 aromatic rings. The molecule has 0 radical (unpaired) electrons. The van der Waals surface area contributed by atoms with Crippen molar-refractivity contribution in [1.82, 2.24) is 4.90 Å². The normalized spacial score (nSPS) is 21.7. The smallest absolute Gasteiger partial charge is 0.414 e. The molecule has 2 atom stereocenters. The Kier molecular flexibility index (Phi) is 3.62. The topological polar surface area (TPSA) is 29.5 Å². The fourth-order valence-corrected chi connectivity index (χ4v) is 3.62. The molecule has 4 rings (SSSR count). The molecule has 1 amide bonds. The highest BCUT2D eigenvalue weighted by Crippen LogP contribution is 2.47. The Morgan fingerprint density at radius 3 is 2.61 bits per heavy atom. The van der Waals surface area contributed by atoms with Crippen LogP contribution >= 0.6 is 0 Å². The third kappa shape index (κ3) is 2.63. The van der Waals surface area contributed by atoms with Gasteiger partial charge in [-0.2, -0.15) is 0 Å². The van der Waals surface area contributed by atoms with E-state index in [1.807, 2.05) is 42.6 Å². The zero-order chi connectivity index (χ0) is 15.6. The van der Waals surface area contributed by atoms with Gasteiger partial charge in [0.05, 0.1) is 6.04 Å². The lowest BCUT2D eigenvalue weighted by molar-refractivity contribution is 0.0986. The first kappa shape index (κ1) is 14.1. The highest BCUT2D eigenvalue weighted by Gasteiger charge is 2.37. The van der Waals surface area contributed by atoms with Gasteiger partial charge in [-0.1, -0.05) is 60.7 Å². The van der Waals surface area contributed by atoms with Crippen LogP contribution in [0.4, 0.5) is 4.79 Å². The summed E-state index contributed by atoms with van der Waals surface area (Å²) in [5.41, 5.74) is 3.64. The van der Waals surface area contributed by atoms with Crippen molar-refractivity contribution in [1.29, 1.82) is 0 Å². The lowest BCUT2D eigenvalue weighted by atomic mass is 9.98. The van der Waals surface area contributed by atoms with Crippen molar-refractivity contribution in [3.63, 3.8) is 0 Å². The van der Waals surface area contributed by atoms with Gasteiger partial charge in [0.25, 0.3) is 0 Å². The minimum atomic E-state index is -0.271. The van der Waals surface area contributed by atoms with Crippen molar-refractivity contribution < 1.29 is 9.53 Å². The third-order valence-corrected chi connectivity index (χ3v) is 4.74. The molecule has 3 nitrogen and oxygen atoms in total. The number of nitrogens with zero attached hydrogens (tertiary/aromatic N) is 1. The van der Waals surface area contributed by atoms with E-state index < -0.39 is 0 Å². The zero-order valence-electron chi connectivity index (χ0n) is 12.9. The molecule has 116 valence electrons. The summed E-state index contributed by atoms with van der Waals surface area (Å²) in [7, 11) is 0. The van der Waals surface area contributed by atoms with Crippen LogP contribution < -0.4 is 0 Å². The van der Waals surface area contributed by atoms with E-state index in [9.17, 15) is 4.79 Å². The molecule has 0 unspecified atom stereocenters. The summed E-state index contributed by atoms with van der Waals surface area (Å²) in [5, 5.41) is 0. The quantitative estimate of drug-likeness (QED) is 0.799. The monoisotopic (exact) mass is 305 g/mol. The Morgan fingerprint density at radius 1 is 1.04 bits per heavy atom. The number of benzene rings is 2. The van der Waals surface area contributed by atoms with E-state index in [4.69, 9.17) is 4.74 Å². The van der Waals surface area contributed by atoms with Gasteiger partial charge in [-0.3, -0.25) is 4.90 Å². The molecule has 0 saturated heterocycles. The second kappa shape index (κ2) is 5.92. The van der Waals surface area contributed by atoms with Gasteiger partial charge in [-0.05, 0) is 35.4 Å². The Labute approximate surface area is 136 Å². The molecule has 2 aromatic carbocycles. The molecule has 1 heterocycles. The van der Waals surface area contributed by atoms with Crippen LogP contribution in [0.25, 0.3) is 0 Å². The van der Waals surface area contributed by atoms with E-state index >= 15 is 0 Å². The molecular formula is C20H19NO2. The fraction of sp³-hybridized carbons (Fsp3) is 0.250. The molecule has 23 heavy (non-hydrogen) atoms. The van der Waals surface area contributed by atoms with Gasteiger partial charge in [0.1, 0.15) is 6.61 Å². The van der Waals surface area contributed by atoms with Gasteiger partial charge in [-0.15, -0.1) is 0 Å². The highest BCUT2D eigenvalue weighted by atomic mass is 16.6. The maximum absolute atomic E-state index is 12.6. The lowest BCUT2D eigenvalue weighted by Crippen LogP contribution is -2.29. The summed E-state index contributed by atoms with van der Waals surface area (Å²) >= 11 is 0. The van der Waals surface area contributed by atoms with Crippen molar-refractivity contribution in [2.45, 2.75) is 31.4 Å². The van der Waals surface area contributed by atoms with Crippen LogP contribution in [0, 0.1) is 0 Å². The summed E-state index contributed by atoms with van der Waals surface area (Å²) < 4.78 is 5.52. The first-order valence-electron chi connectivity index (χ1n) is 8.07. The Morgan fingerprint density at radius 2 is 1.78 bits per heavy atom. The van der Waals surface area contributed by atoms with E-state index in [0.717, 1.165) is 18.4 Å². The number of rotatable bonds is 2. The molecule has 0 N–H and O–H groups in total. The van der Waals surface area contributed by atoms with Gasteiger partial charge in [-0.25, -0.2) is 4.79 Å². The number of carbonyl (C=O) groups is 1. The van der Waals surface area contributed by atoms with E-state index in [1.54, 1.807) is 4.90 Å². The number of fused-ring (bicyclic) bond motifs is 5. The van der Waals surface area contributed by atoms with Crippen LogP contribution in [0.5, 0.6) is 0 Å². The van der Waals surface area contributed by atoms with Crippen LogP contribution in [-0.4, -0.2) is 11.0 Å². The maximum Gasteiger partial charge on any atom is 0.414 e. The molecule has 3 heteroatoms. The summed E-state index contributed by atoms with van der Waals surface area (Å²) in [5.74, 6) is 0.513. The van der Waals surface area contributed by atoms with Crippen LogP contribution in [0.2, 0.25) is 0 Å². The van der Waals surface area contributed by atoms with E-state index in [-0.39, 0.29) is 12.1 Å². The van der Waals surface area contributed by atoms with Gasteiger partial charge in [0.2, 0.25) is 0 Å². The SMILES string of the molecule is O=C(OCc1ccccc1)N1C=CC[C@@H]2C[C@@H]1c1ccccc12. The Balaban J connectivity index is 1.53. The molecular weight excluding hydrogens is 286 g/mol. The largest absolute Gasteiger partial charge is 0.444 e.